The number of ether oxygens (including phenoxy) is 2. The van der Waals surface area contributed by atoms with Gasteiger partial charge in [0.05, 0.1) is 13.2 Å². The lowest BCUT2D eigenvalue weighted by Crippen LogP contribution is -2.10. The largest absolute Gasteiger partial charge is 0.493 e. The van der Waals surface area contributed by atoms with Crippen molar-refractivity contribution in [3.63, 3.8) is 0 Å². The molecule has 0 amide bonds. The van der Waals surface area contributed by atoms with Gasteiger partial charge in [-0.15, -0.1) is 0 Å². The summed E-state index contributed by atoms with van der Waals surface area (Å²) in [4.78, 5) is 0.378. The first-order chi connectivity index (χ1) is 10.1. The van der Waals surface area contributed by atoms with E-state index in [-0.39, 0.29) is 0 Å². The molecule has 0 unspecified atom stereocenters. The molecule has 0 bridgehead atoms. The van der Waals surface area contributed by atoms with Crippen molar-refractivity contribution in [2.75, 3.05) is 13.2 Å². The zero-order chi connectivity index (χ0) is 15.1. The lowest BCUT2D eigenvalue weighted by Gasteiger charge is -2.09. The normalized spacial score (nSPS) is 10.1. The van der Waals surface area contributed by atoms with E-state index in [0.717, 1.165) is 23.5 Å². The number of benzene rings is 2. The summed E-state index contributed by atoms with van der Waals surface area (Å²) in [6.07, 6.45) is 0.811. The molecule has 4 heteroatoms. The molecule has 0 aliphatic rings. The van der Waals surface area contributed by atoms with E-state index >= 15 is 0 Å². The lowest BCUT2D eigenvalue weighted by atomic mass is 10.2. The molecule has 21 heavy (non-hydrogen) atoms. The van der Waals surface area contributed by atoms with Crippen LogP contribution in [0.25, 0.3) is 0 Å². The highest BCUT2D eigenvalue weighted by Crippen LogP contribution is 2.14. The molecule has 0 aliphatic carbocycles. The topological polar surface area (TPSA) is 44.5 Å². The third-order valence-electron chi connectivity index (χ3n) is 2.93. The van der Waals surface area contributed by atoms with Gasteiger partial charge in [-0.2, -0.15) is 0 Å². The van der Waals surface area contributed by atoms with Crippen LogP contribution in [0.5, 0.6) is 11.5 Å². The molecule has 0 saturated heterocycles. The number of rotatable bonds is 7. The van der Waals surface area contributed by atoms with E-state index in [9.17, 15) is 0 Å². The summed E-state index contributed by atoms with van der Waals surface area (Å²) in [5.74, 6) is 1.67. The molecule has 0 spiro atoms. The summed E-state index contributed by atoms with van der Waals surface area (Å²) in [5, 5.41) is 0. The van der Waals surface area contributed by atoms with Gasteiger partial charge in [0.15, 0.2) is 0 Å². The van der Waals surface area contributed by atoms with Gasteiger partial charge >= 0.3 is 0 Å². The van der Waals surface area contributed by atoms with Crippen molar-refractivity contribution in [3.8, 4) is 11.5 Å². The fourth-order valence-electron chi connectivity index (χ4n) is 1.88. The molecule has 2 aromatic rings. The summed E-state index contributed by atoms with van der Waals surface area (Å²) >= 11 is 4.94. The van der Waals surface area contributed by atoms with Gasteiger partial charge in [-0.1, -0.05) is 36.5 Å². The van der Waals surface area contributed by atoms with E-state index in [2.05, 4.69) is 0 Å². The summed E-state index contributed by atoms with van der Waals surface area (Å²) in [6.45, 7) is 3.26. The number of nitrogens with two attached hydrogens (primary N) is 1. The van der Waals surface area contributed by atoms with Crippen molar-refractivity contribution in [2.24, 2.45) is 5.73 Å². The van der Waals surface area contributed by atoms with E-state index in [4.69, 9.17) is 27.4 Å². The molecule has 0 atom stereocenters. The van der Waals surface area contributed by atoms with Gasteiger partial charge in [0, 0.05) is 12.0 Å². The Bertz CT molecular complexity index is 613. The van der Waals surface area contributed by atoms with Gasteiger partial charge in [0.2, 0.25) is 0 Å². The highest BCUT2D eigenvalue weighted by atomic mass is 32.1. The van der Waals surface area contributed by atoms with Gasteiger partial charge in [-0.3, -0.25) is 0 Å². The van der Waals surface area contributed by atoms with Crippen molar-refractivity contribution < 1.29 is 9.47 Å². The maximum absolute atomic E-state index is 5.67. The summed E-state index contributed by atoms with van der Waals surface area (Å²) in [7, 11) is 0. The van der Waals surface area contributed by atoms with Crippen LogP contribution in [0.4, 0.5) is 0 Å². The Morgan fingerprint density at radius 3 is 2.24 bits per heavy atom. The van der Waals surface area contributed by atoms with Crippen LogP contribution >= 0.6 is 12.2 Å². The Kier molecular flexibility index (Phi) is 5.58. The van der Waals surface area contributed by atoms with Crippen molar-refractivity contribution in [1.29, 1.82) is 0 Å². The first-order valence-corrected chi connectivity index (χ1v) is 7.28. The molecule has 2 rings (SSSR count). The van der Waals surface area contributed by atoms with Crippen LogP contribution < -0.4 is 15.2 Å². The molecule has 110 valence electrons. The van der Waals surface area contributed by atoms with Gasteiger partial charge in [-0.25, -0.2) is 0 Å². The van der Waals surface area contributed by atoms with Crippen molar-refractivity contribution in [1.82, 2.24) is 0 Å². The van der Waals surface area contributed by atoms with Crippen LogP contribution in [0.2, 0.25) is 0 Å². The molecule has 0 heterocycles. The highest BCUT2D eigenvalue weighted by Gasteiger charge is 1.99. The summed E-state index contributed by atoms with van der Waals surface area (Å²) in [5.41, 5.74) is 7.60. The molecule has 2 aromatic carbocycles. The maximum Gasteiger partial charge on any atom is 0.119 e. The second-order valence-corrected chi connectivity index (χ2v) is 5.20. The monoisotopic (exact) mass is 301 g/mol. The van der Waals surface area contributed by atoms with Crippen LogP contribution in [-0.4, -0.2) is 18.2 Å². The summed E-state index contributed by atoms with van der Waals surface area (Å²) < 4.78 is 11.3. The molecule has 0 aliphatic heterocycles. The standard InChI is InChI=1S/C17H19NO2S/c1-13-5-2-7-15(11-13)19-9-4-10-20-16-8-3-6-14(12-16)17(18)21/h2-3,5-8,11-12H,4,9-10H2,1H3,(H2,18,21). The second-order valence-electron chi connectivity index (χ2n) is 4.76. The van der Waals surface area contributed by atoms with Gasteiger partial charge in [0.1, 0.15) is 16.5 Å². The van der Waals surface area contributed by atoms with Crippen molar-refractivity contribution in [2.45, 2.75) is 13.3 Å². The van der Waals surface area contributed by atoms with Gasteiger partial charge < -0.3 is 15.2 Å². The van der Waals surface area contributed by atoms with Crippen LogP contribution in [0.3, 0.4) is 0 Å². The molecular formula is C17H19NO2S. The van der Waals surface area contributed by atoms with E-state index in [0.29, 0.717) is 18.2 Å². The Morgan fingerprint density at radius 1 is 1.00 bits per heavy atom. The number of aryl methyl sites for hydroxylation is 1. The minimum atomic E-state index is 0.378. The van der Waals surface area contributed by atoms with Gasteiger partial charge in [-0.05, 0) is 36.8 Å². The molecule has 3 nitrogen and oxygen atoms in total. The highest BCUT2D eigenvalue weighted by molar-refractivity contribution is 7.80. The minimum Gasteiger partial charge on any atom is -0.493 e. The first kappa shape index (κ1) is 15.3. The molecule has 0 saturated carbocycles. The second kappa shape index (κ2) is 7.64. The average molecular weight is 301 g/mol. The van der Waals surface area contributed by atoms with E-state index in [1.165, 1.54) is 5.56 Å². The smallest absolute Gasteiger partial charge is 0.119 e. The van der Waals surface area contributed by atoms with E-state index in [1.54, 1.807) is 0 Å². The third-order valence-corrected chi connectivity index (χ3v) is 3.17. The fraction of sp³-hybridized carbons (Fsp3) is 0.235. The molecule has 0 aromatic heterocycles. The fourth-order valence-corrected chi connectivity index (χ4v) is 2.01. The molecule has 0 radical (unpaired) electrons. The quantitative estimate of drug-likeness (QED) is 0.628. The van der Waals surface area contributed by atoms with Crippen LogP contribution in [0, 0.1) is 6.92 Å². The zero-order valence-corrected chi connectivity index (χ0v) is 12.9. The van der Waals surface area contributed by atoms with Crippen LogP contribution in [-0.2, 0) is 0 Å². The Balaban J connectivity index is 1.72. The third kappa shape index (κ3) is 5.08. The maximum atomic E-state index is 5.67. The van der Waals surface area contributed by atoms with Crippen molar-refractivity contribution in [3.05, 3.63) is 59.7 Å². The molecule has 2 N–H and O–H groups in total. The Hall–Kier alpha value is -2.07. The van der Waals surface area contributed by atoms with Crippen molar-refractivity contribution >= 4 is 17.2 Å². The van der Waals surface area contributed by atoms with Gasteiger partial charge in [0.25, 0.3) is 0 Å². The molecule has 0 fully saturated rings. The first-order valence-electron chi connectivity index (χ1n) is 6.87. The zero-order valence-electron chi connectivity index (χ0n) is 12.0. The number of thiocarbonyl (C=S) groups is 1. The number of hydrogen-bond donors (Lipinski definition) is 1. The molecular weight excluding hydrogens is 282 g/mol. The van der Waals surface area contributed by atoms with Crippen LogP contribution in [0.1, 0.15) is 17.5 Å². The number of hydrogen-bond acceptors (Lipinski definition) is 3. The Labute approximate surface area is 130 Å². The average Bonchev–Trinajstić information content (AvgIpc) is 2.47. The minimum absolute atomic E-state index is 0.378. The summed E-state index contributed by atoms with van der Waals surface area (Å²) in [6, 6.07) is 15.5. The van der Waals surface area contributed by atoms with E-state index in [1.807, 2.05) is 55.5 Å². The Morgan fingerprint density at radius 2 is 1.62 bits per heavy atom. The SMILES string of the molecule is Cc1cccc(OCCCOc2cccc(C(N)=S)c2)c1. The van der Waals surface area contributed by atoms with E-state index < -0.39 is 0 Å². The lowest BCUT2D eigenvalue weighted by molar-refractivity contribution is 0.247. The van der Waals surface area contributed by atoms with Crippen LogP contribution in [0.15, 0.2) is 48.5 Å². The predicted molar refractivity (Wildman–Crippen MR) is 89.1 cm³/mol. The predicted octanol–water partition coefficient (Wildman–Crippen LogP) is 3.48.